The molecule has 30 heavy (non-hydrogen) atoms. The van der Waals surface area contributed by atoms with Gasteiger partial charge in [0, 0.05) is 11.3 Å². The van der Waals surface area contributed by atoms with Gasteiger partial charge in [0.1, 0.15) is 0 Å². The summed E-state index contributed by atoms with van der Waals surface area (Å²) in [6, 6.07) is 22.0. The van der Waals surface area contributed by atoms with Crippen molar-refractivity contribution in [2.45, 2.75) is 31.4 Å². The number of benzene rings is 3. The molecule has 1 heterocycles. The SMILES string of the molecule is CC(C)(C)c1ccc(NC(=O)CSc2nnc(-c3ccc4ccccc4c3)o2)cc1. The molecule has 0 fully saturated rings. The number of anilines is 1. The second-order valence-electron chi connectivity index (χ2n) is 8.10. The van der Waals surface area contributed by atoms with E-state index in [9.17, 15) is 4.79 Å². The van der Waals surface area contributed by atoms with Crippen LogP contribution in [0, 0.1) is 0 Å². The van der Waals surface area contributed by atoms with Gasteiger partial charge in [-0.15, -0.1) is 10.2 Å². The van der Waals surface area contributed by atoms with Crippen molar-refractivity contribution in [3.05, 3.63) is 72.3 Å². The van der Waals surface area contributed by atoms with Crippen LogP contribution in [0.5, 0.6) is 0 Å². The Kier molecular flexibility index (Phi) is 5.59. The molecule has 3 aromatic carbocycles. The lowest BCUT2D eigenvalue weighted by atomic mass is 9.87. The summed E-state index contributed by atoms with van der Waals surface area (Å²) in [7, 11) is 0. The molecule has 0 aliphatic rings. The van der Waals surface area contributed by atoms with Crippen molar-refractivity contribution >= 4 is 34.1 Å². The number of fused-ring (bicyclic) bond motifs is 1. The average molecular weight is 418 g/mol. The van der Waals surface area contributed by atoms with E-state index in [1.807, 2.05) is 60.7 Å². The van der Waals surface area contributed by atoms with E-state index in [0.717, 1.165) is 22.0 Å². The van der Waals surface area contributed by atoms with Gasteiger partial charge in [-0.3, -0.25) is 4.79 Å². The zero-order chi connectivity index (χ0) is 21.1. The second kappa shape index (κ2) is 8.32. The molecule has 1 aromatic heterocycles. The van der Waals surface area contributed by atoms with E-state index >= 15 is 0 Å². The van der Waals surface area contributed by atoms with Crippen molar-refractivity contribution in [3.8, 4) is 11.5 Å². The number of aromatic nitrogens is 2. The number of nitrogens with one attached hydrogen (secondary N) is 1. The number of rotatable bonds is 5. The van der Waals surface area contributed by atoms with Crippen molar-refractivity contribution in [1.29, 1.82) is 0 Å². The molecule has 0 aliphatic carbocycles. The maximum atomic E-state index is 12.3. The third kappa shape index (κ3) is 4.71. The van der Waals surface area contributed by atoms with Crippen LogP contribution in [0.25, 0.3) is 22.2 Å². The molecule has 0 aliphatic heterocycles. The fraction of sp³-hybridized carbons (Fsp3) is 0.208. The Labute approximate surface area is 179 Å². The predicted octanol–water partition coefficient (Wildman–Crippen LogP) is 5.92. The highest BCUT2D eigenvalue weighted by Gasteiger charge is 2.14. The summed E-state index contributed by atoms with van der Waals surface area (Å²) in [6.45, 7) is 6.48. The van der Waals surface area contributed by atoms with Crippen molar-refractivity contribution in [1.82, 2.24) is 10.2 Å². The molecular formula is C24H23N3O2S. The summed E-state index contributed by atoms with van der Waals surface area (Å²) < 4.78 is 5.73. The topological polar surface area (TPSA) is 68.0 Å². The largest absolute Gasteiger partial charge is 0.411 e. The van der Waals surface area contributed by atoms with Crippen molar-refractivity contribution < 1.29 is 9.21 Å². The fourth-order valence-electron chi connectivity index (χ4n) is 3.09. The van der Waals surface area contributed by atoms with E-state index in [-0.39, 0.29) is 17.1 Å². The summed E-state index contributed by atoms with van der Waals surface area (Å²) >= 11 is 1.22. The molecule has 4 rings (SSSR count). The van der Waals surface area contributed by atoms with Crippen LogP contribution >= 0.6 is 11.8 Å². The highest BCUT2D eigenvalue weighted by Crippen LogP contribution is 2.27. The van der Waals surface area contributed by atoms with E-state index in [1.165, 1.54) is 17.3 Å². The first kappa shape index (κ1) is 20.2. The molecule has 0 unspecified atom stereocenters. The highest BCUT2D eigenvalue weighted by atomic mass is 32.2. The van der Waals surface area contributed by atoms with Gasteiger partial charge in [0.15, 0.2) is 0 Å². The molecule has 0 radical (unpaired) electrons. The van der Waals surface area contributed by atoms with Crippen LogP contribution in [0.2, 0.25) is 0 Å². The smallest absolute Gasteiger partial charge is 0.277 e. The lowest BCUT2D eigenvalue weighted by molar-refractivity contribution is -0.113. The molecule has 0 atom stereocenters. The maximum absolute atomic E-state index is 12.3. The van der Waals surface area contributed by atoms with Crippen LogP contribution < -0.4 is 5.32 Å². The normalized spacial score (nSPS) is 11.6. The van der Waals surface area contributed by atoms with Gasteiger partial charge in [0.2, 0.25) is 11.8 Å². The quantitative estimate of drug-likeness (QED) is 0.408. The van der Waals surface area contributed by atoms with Crippen LogP contribution in [0.1, 0.15) is 26.3 Å². The van der Waals surface area contributed by atoms with Crippen LogP contribution in [-0.2, 0) is 10.2 Å². The van der Waals surface area contributed by atoms with Crippen molar-refractivity contribution in [2.24, 2.45) is 0 Å². The number of thioether (sulfide) groups is 1. The van der Waals surface area contributed by atoms with Gasteiger partial charge in [0.05, 0.1) is 5.75 Å². The Hall–Kier alpha value is -3.12. The maximum Gasteiger partial charge on any atom is 0.277 e. The average Bonchev–Trinajstić information content (AvgIpc) is 3.21. The number of carbonyl (C=O) groups is 1. The van der Waals surface area contributed by atoms with Gasteiger partial charge in [-0.25, -0.2) is 0 Å². The molecule has 0 saturated carbocycles. The van der Waals surface area contributed by atoms with E-state index in [4.69, 9.17) is 4.42 Å². The van der Waals surface area contributed by atoms with E-state index in [1.54, 1.807) is 0 Å². The monoisotopic (exact) mass is 417 g/mol. The molecule has 4 aromatic rings. The third-order valence-electron chi connectivity index (χ3n) is 4.76. The first-order valence-electron chi connectivity index (χ1n) is 9.74. The molecule has 152 valence electrons. The Balaban J connectivity index is 1.36. The Bertz CT molecular complexity index is 1180. The van der Waals surface area contributed by atoms with Crippen molar-refractivity contribution in [3.63, 3.8) is 0 Å². The summed E-state index contributed by atoms with van der Waals surface area (Å²) in [5.41, 5.74) is 2.94. The van der Waals surface area contributed by atoms with Gasteiger partial charge < -0.3 is 9.73 Å². The molecule has 1 amide bonds. The number of hydrogen-bond donors (Lipinski definition) is 1. The summed E-state index contributed by atoms with van der Waals surface area (Å²) in [6.07, 6.45) is 0. The molecule has 0 bridgehead atoms. The second-order valence-corrected chi connectivity index (χ2v) is 9.03. The van der Waals surface area contributed by atoms with Gasteiger partial charge in [-0.1, -0.05) is 75.0 Å². The van der Waals surface area contributed by atoms with Crippen LogP contribution in [0.15, 0.2) is 76.4 Å². The van der Waals surface area contributed by atoms with Crippen LogP contribution in [0.3, 0.4) is 0 Å². The Morgan fingerprint density at radius 1 is 0.967 bits per heavy atom. The van der Waals surface area contributed by atoms with Crippen molar-refractivity contribution in [2.75, 3.05) is 11.1 Å². The minimum absolute atomic E-state index is 0.0824. The van der Waals surface area contributed by atoms with Gasteiger partial charge >= 0.3 is 0 Å². The fourth-order valence-corrected chi connectivity index (χ4v) is 3.65. The summed E-state index contributed by atoms with van der Waals surface area (Å²) in [4.78, 5) is 12.3. The summed E-state index contributed by atoms with van der Waals surface area (Å²) in [5.74, 6) is 0.524. The molecular weight excluding hydrogens is 394 g/mol. The first-order chi connectivity index (χ1) is 14.4. The van der Waals surface area contributed by atoms with E-state index in [0.29, 0.717) is 11.1 Å². The number of carbonyl (C=O) groups excluding carboxylic acids is 1. The van der Waals surface area contributed by atoms with Gasteiger partial charge in [-0.05, 0) is 46.0 Å². The van der Waals surface area contributed by atoms with E-state index in [2.05, 4.69) is 42.4 Å². The van der Waals surface area contributed by atoms with E-state index < -0.39 is 0 Å². The number of hydrogen-bond acceptors (Lipinski definition) is 5. The zero-order valence-corrected chi connectivity index (χ0v) is 18.0. The Morgan fingerprint density at radius 2 is 1.70 bits per heavy atom. The predicted molar refractivity (Wildman–Crippen MR) is 122 cm³/mol. The Morgan fingerprint density at radius 3 is 2.43 bits per heavy atom. The minimum Gasteiger partial charge on any atom is -0.411 e. The lowest BCUT2D eigenvalue weighted by Gasteiger charge is -2.19. The molecule has 5 nitrogen and oxygen atoms in total. The lowest BCUT2D eigenvalue weighted by Crippen LogP contribution is -2.15. The highest BCUT2D eigenvalue weighted by molar-refractivity contribution is 7.99. The standard InChI is InChI=1S/C24H23N3O2S/c1-24(2,3)19-10-12-20(13-11-19)25-21(28)15-30-23-27-26-22(29-23)18-9-8-16-6-4-5-7-17(16)14-18/h4-14H,15H2,1-3H3,(H,25,28). The number of amides is 1. The van der Waals surface area contributed by atoms with Crippen LogP contribution in [0.4, 0.5) is 5.69 Å². The molecule has 0 spiro atoms. The first-order valence-corrected chi connectivity index (χ1v) is 10.7. The minimum atomic E-state index is -0.117. The molecule has 6 heteroatoms. The van der Waals surface area contributed by atoms with Gasteiger partial charge in [0.25, 0.3) is 5.22 Å². The van der Waals surface area contributed by atoms with Gasteiger partial charge in [-0.2, -0.15) is 0 Å². The summed E-state index contributed by atoms with van der Waals surface area (Å²) in [5, 5.41) is 13.7. The molecule has 1 N–H and O–H groups in total. The van der Waals surface area contributed by atoms with Crippen LogP contribution in [-0.4, -0.2) is 21.9 Å². The zero-order valence-electron chi connectivity index (χ0n) is 17.2. The third-order valence-corrected chi connectivity index (χ3v) is 5.58. The molecule has 0 saturated heterocycles. The number of nitrogens with zero attached hydrogens (tertiary/aromatic N) is 2.